The molecule has 16 heteroatoms. The number of sulfonamides is 1. The SMILES string of the molecule is NN=C(C=Nc1ccc(S(=O)(=O)N2CCCCC2)cc1)CNC(=O)[C@H](Cc1cscn1)NC(=O)[C@H]1O[C@@H]1C(=O)O. The summed E-state index contributed by atoms with van der Waals surface area (Å²) >= 11 is 1.32. The Morgan fingerprint density at radius 1 is 1.20 bits per heavy atom. The Kier molecular flexibility index (Phi) is 9.57. The van der Waals surface area contributed by atoms with E-state index in [0.29, 0.717) is 24.5 Å². The van der Waals surface area contributed by atoms with Crippen LogP contribution in [0, 0.1) is 0 Å². The maximum atomic E-state index is 12.9. The molecule has 0 unspecified atom stereocenters. The van der Waals surface area contributed by atoms with Crippen LogP contribution in [0.25, 0.3) is 0 Å². The van der Waals surface area contributed by atoms with Gasteiger partial charge >= 0.3 is 5.97 Å². The van der Waals surface area contributed by atoms with Gasteiger partial charge in [0.1, 0.15) is 6.04 Å². The van der Waals surface area contributed by atoms with Gasteiger partial charge in [-0.3, -0.25) is 14.6 Å². The molecule has 3 atom stereocenters. The third kappa shape index (κ3) is 7.47. The summed E-state index contributed by atoms with van der Waals surface area (Å²) in [6, 6.07) is 5.04. The van der Waals surface area contributed by atoms with Crippen molar-refractivity contribution >= 4 is 56.8 Å². The van der Waals surface area contributed by atoms with E-state index >= 15 is 0 Å². The molecule has 2 fully saturated rings. The largest absolute Gasteiger partial charge is 0.479 e. The fourth-order valence-corrected chi connectivity index (χ4v) is 6.13. The number of carbonyl (C=O) groups excluding carboxylic acids is 2. The Morgan fingerprint density at radius 2 is 1.93 bits per heavy atom. The molecule has 0 aliphatic carbocycles. The fraction of sp³-hybridized carbons (Fsp3) is 0.417. The molecule has 4 rings (SSSR count). The number of aromatic nitrogens is 1. The zero-order valence-electron chi connectivity index (χ0n) is 21.3. The highest BCUT2D eigenvalue weighted by atomic mass is 32.2. The number of thiazole rings is 1. The van der Waals surface area contributed by atoms with Crippen molar-refractivity contribution in [3.63, 3.8) is 0 Å². The van der Waals surface area contributed by atoms with E-state index in [-0.39, 0.29) is 23.6 Å². The molecule has 2 amide bonds. The van der Waals surface area contributed by atoms with Crippen LogP contribution in [0.5, 0.6) is 0 Å². The van der Waals surface area contributed by atoms with Crippen LogP contribution in [0.4, 0.5) is 5.69 Å². The maximum Gasteiger partial charge on any atom is 0.336 e. The normalized spacial score (nSPS) is 20.6. The minimum atomic E-state index is -3.56. The highest BCUT2D eigenvalue weighted by Crippen LogP contribution is 2.23. The summed E-state index contributed by atoms with van der Waals surface area (Å²) in [6.45, 7) is 0.896. The standard InChI is InChI=1S/C24H29N7O7S2/c25-30-17(11-26-15-4-6-18(7-5-15)40(36,37)31-8-2-1-3-9-31)12-27-22(32)19(10-16-13-39-14-28-16)29-23(33)20-21(38-20)24(34)35/h4-7,11,13-14,19-21H,1-3,8-10,12,25H2,(H,27,32)(H,29,33)(H,34,35)/t19-,20-,21-/m0/s1. The van der Waals surface area contributed by atoms with Gasteiger partial charge in [-0.05, 0) is 37.1 Å². The monoisotopic (exact) mass is 591 g/mol. The lowest BCUT2D eigenvalue weighted by Crippen LogP contribution is -2.50. The lowest BCUT2D eigenvalue weighted by atomic mass is 10.1. The van der Waals surface area contributed by atoms with E-state index in [1.165, 1.54) is 34.0 Å². The molecule has 5 N–H and O–H groups in total. The number of nitrogens with zero attached hydrogens (tertiary/aromatic N) is 4. The second-order valence-corrected chi connectivity index (χ2v) is 11.8. The molecule has 40 heavy (non-hydrogen) atoms. The second-order valence-electron chi connectivity index (χ2n) is 9.12. The van der Waals surface area contributed by atoms with Crippen LogP contribution in [0.3, 0.4) is 0 Å². The molecule has 2 saturated heterocycles. The number of benzene rings is 1. The highest BCUT2D eigenvalue weighted by molar-refractivity contribution is 7.89. The highest BCUT2D eigenvalue weighted by Gasteiger charge is 2.51. The van der Waals surface area contributed by atoms with Gasteiger partial charge in [0, 0.05) is 24.9 Å². The van der Waals surface area contributed by atoms with E-state index in [4.69, 9.17) is 15.7 Å². The molecule has 2 aliphatic rings. The number of rotatable bonds is 12. The van der Waals surface area contributed by atoms with Crippen LogP contribution in [-0.4, -0.2) is 90.4 Å². The molecule has 0 saturated carbocycles. The van der Waals surface area contributed by atoms with Crippen LogP contribution in [0.2, 0.25) is 0 Å². The van der Waals surface area contributed by atoms with Gasteiger partial charge in [0.15, 0.2) is 12.2 Å². The Bertz CT molecular complexity index is 1370. The molecular formula is C24H29N7O7S2. The number of nitrogens with two attached hydrogens (primary N) is 1. The van der Waals surface area contributed by atoms with E-state index < -0.39 is 46.1 Å². The van der Waals surface area contributed by atoms with Crippen molar-refractivity contribution in [3.8, 4) is 0 Å². The first-order chi connectivity index (χ1) is 19.2. The number of hydrogen-bond donors (Lipinski definition) is 4. The number of carbonyl (C=O) groups is 3. The quantitative estimate of drug-likeness (QED) is 0.113. The first kappa shape index (κ1) is 29.3. The Hall–Kier alpha value is -3.73. The van der Waals surface area contributed by atoms with E-state index in [2.05, 4.69) is 25.7 Å². The third-order valence-corrected chi connectivity index (χ3v) is 8.83. The predicted molar refractivity (Wildman–Crippen MR) is 146 cm³/mol. The lowest BCUT2D eigenvalue weighted by molar-refractivity contribution is -0.138. The minimum Gasteiger partial charge on any atom is -0.479 e. The molecule has 3 heterocycles. The fourth-order valence-electron chi connectivity index (χ4n) is 4.04. The van der Waals surface area contributed by atoms with Crippen LogP contribution in [0.1, 0.15) is 25.0 Å². The van der Waals surface area contributed by atoms with Gasteiger partial charge in [0.25, 0.3) is 5.91 Å². The number of carboxylic acids is 1. The van der Waals surface area contributed by atoms with Gasteiger partial charge in [-0.1, -0.05) is 6.42 Å². The number of aliphatic imine (C=N–C) groups is 1. The maximum absolute atomic E-state index is 12.9. The topological polar surface area (TPSA) is 209 Å². The Morgan fingerprint density at radius 3 is 2.52 bits per heavy atom. The number of nitrogens with one attached hydrogen (secondary N) is 2. The number of piperidine rings is 1. The number of hydrazone groups is 1. The first-order valence-electron chi connectivity index (χ1n) is 12.4. The number of amides is 2. The molecule has 0 bridgehead atoms. The predicted octanol–water partition coefficient (Wildman–Crippen LogP) is 0.0304. The summed E-state index contributed by atoms with van der Waals surface area (Å²) in [7, 11) is -3.56. The minimum absolute atomic E-state index is 0.0708. The number of hydrogen-bond acceptors (Lipinski definition) is 11. The van der Waals surface area contributed by atoms with Crippen molar-refractivity contribution in [3.05, 3.63) is 40.8 Å². The smallest absolute Gasteiger partial charge is 0.336 e. The van der Waals surface area contributed by atoms with Crippen molar-refractivity contribution in [2.75, 3.05) is 19.6 Å². The van der Waals surface area contributed by atoms with Crippen molar-refractivity contribution < 1.29 is 32.6 Å². The van der Waals surface area contributed by atoms with Crippen LogP contribution < -0.4 is 16.5 Å². The van der Waals surface area contributed by atoms with Gasteiger partial charge in [-0.15, -0.1) is 11.3 Å². The van der Waals surface area contributed by atoms with Gasteiger partial charge in [0.05, 0.1) is 40.3 Å². The van der Waals surface area contributed by atoms with Gasteiger partial charge in [-0.2, -0.15) is 9.41 Å². The summed E-state index contributed by atoms with van der Waals surface area (Å²) in [4.78, 5) is 44.9. The summed E-state index contributed by atoms with van der Waals surface area (Å²) < 4.78 is 32.0. The number of aliphatic carboxylic acids is 1. The number of carboxylic acid groups (broad SMARTS) is 1. The van der Waals surface area contributed by atoms with Crippen molar-refractivity contribution in [1.29, 1.82) is 0 Å². The molecule has 14 nitrogen and oxygen atoms in total. The van der Waals surface area contributed by atoms with Crippen LogP contribution >= 0.6 is 11.3 Å². The molecule has 2 aliphatic heterocycles. The third-order valence-electron chi connectivity index (χ3n) is 6.28. The average Bonchev–Trinajstić information content (AvgIpc) is 3.62. The Balaban J connectivity index is 1.34. The Labute approximate surface area is 234 Å². The summed E-state index contributed by atoms with van der Waals surface area (Å²) in [6.07, 6.45) is 1.70. The zero-order chi connectivity index (χ0) is 28.7. The average molecular weight is 592 g/mol. The molecule has 0 radical (unpaired) electrons. The molecular weight excluding hydrogens is 562 g/mol. The lowest BCUT2D eigenvalue weighted by Gasteiger charge is -2.25. The van der Waals surface area contributed by atoms with E-state index in [1.54, 1.807) is 23.0 Å². The van der Waals surface area contributed by atoms with Crippen molar-refractivity contribution in [1.82, 2.24) is 19.9 Å². The summed E-state index contributed by atoms with van der Waals surface area (Å²) in [5, 5.41) is 19.5. The van der Waals surface area contributed by atoms with E-state index in [9.17, 15) is 22.8 Å². The van der Waals surface area contributed by atoms with Gasteiger partial charge in [0.2, 0.25) is 15.9 Å². The van der Waals surface area contributed by atoms with E-state index in [1.807, 2.05) is 0 Å². The molecule has 1 aromatic carbocycles. The van der Waals surface area contributed by atoms with Crippen molar-refractivity contribution in [2.45, 2.75) is 48.8 Å². The van der Waals surface area contributed by atoms with Crippen LogP contribution in [-0.2, 0) is 35.6 Å². The molecule has 214 valence electrons. The molecule has 2 aromatic rings. The van der Waals surface area contributed by atoms with Gasteiger partial charge < -0.3 is 26.3 Å². The zero-order valence-corrected chi connectivity index (χ0v) is 22.9. The molecule has 0 spiro atoms. The number of epoxide rings is 1. The number of ether oxygens (including phenoxy) is 1. The van der Waals surface area contributed by atoms with Gasteiger partial charge in [-0.25, -0.2) is 18.2 Å². The summed E-state index contributed by atoms with van der Waals surface area (Å²) in [5.41, 5.74) is 2.81. The van der Waals surface area contributed by atoms with E-state index in [0.717, 1.165) is 19.3 Å². The first-order valence-corrected chi connectivity index (χ1v) is 14.8. The van der Waals surface area contributed by atoms with Crippen molar-refractivity contribution in [2.24, 2.45) is 15.9 Å². The van der Waals surface area contributed by atoms with Crippen LogP contribution in [0.15, 0.2) is 50.1 Å². The molecule has 1 aromatic heterocycles. The summed E-state index contributed by atoms with van der Waals surface area (Å²) in [5.74, 6) is 2.90. The second kappa shape index (κ2) is 13.1.